The van der Waals surface area contributed by atoms with Gasteiger partial charge in [-0.15, -0.1) is 10.2 Å². The van der Waals surface area contributed by atoms with Crippen molar-refractivity contribution in [2.24, 2.45) is 4.99 Å². The van der Waals surface area contributed by atoms with Crippen LogP contribution in [-0.4, -0.2) is 38.6 Å². The molecule has 0 spiro atoms. The fourth-order valence-electron chi connectivity index (χ4n) is 2.91. The summed E-state index contributed by atoms with van der Waals surface area (Å²) in [5, 5.41) is 8.42. The summed E-state index contributed by atoms with van der Waals surface area (Å²) in [6.45, 7) is 6.59. The Bertz CT molecular complexity index is 666. The highest BCUT2D eigenvalue weighted by molar-refractivity contribution is 5.88. The van der Waals surface area contributed by atoms with Crippen molar-refractivity contribution in [3.05, 3.63) is 36.4 Å². The molecule has 2 aromatic rings. The first-order chi connectivity index (χ1) is 11.3. The average molecular weight is 311 g/mol. The highest BCUT2D eigenvalue weighted by Gasteiger charge is 2.20. The van der Waals surface area contributed by atoms with Crippen molar-refractivity contribution in [2.45, 2.75) is 46.0 Å². The maximum atomic E-state index is 4.99. The lowest BCUT2D eigenvalue weighted by Crippen LogP contribution is -2.34. The average Bonchev–Trinajstić information content (AvgIpc) is 2.97. The molecule has 0 unspecified atom stereocenters. The van der Waals surface area contributed by atoms with Crippen LogP contribution in [0.4, 0.5) is 5.69 Å². The number of nitrogens with zero attached hydrogens (tertiary/aromatic N) is 5. The molecule has 0 fully saturated rings. The lowest BCUT2D eigenvalue weighted by Gasteiger charge is -2.25. The number of unbranched alkanes of at least 4 members (excludes halogenated alkanes) is 2. The summed E-state index contributed by atoms with van der Waals surface area (Å²) in [5.41, 5.74) is 2.06. The summed E-state index contributed by atoms with van der Waals surface area (Å²) < 4.78 is 2.06. The van der Waals surface area contributed by atoms with Crippen LogP contribution < -0.4 is 0 Å². The molecule has 1 aromatic carbocycles. The zero-order chi connectivity index (χ0) is 16.1. The highest BCUT2D eigenvalue weighted by Crippen LogP contribution is 2.27. The number of benzene rings is 1. The molecule has 0 N–H and O–H groups in total. The maximum Gasteiger partial charge on any atom is 0.145 e. The SMILES string of the molecule is CCCCN(CCCC)C1=Nc2ccccc2-n2cnnc2C1. The van der Waals surface area contributed by atoms with Crippen LogP contribution in [0.3, 0.4) is 0 Å². The van der Waals surface area contributed by atoms with Crippen LogP contribution in [0.1, 0.15) is 45.4 Å². The molecule has 2 heterocycles. The summed E-state index contributed by atoms with van der Waals surface area (Å²) in [5.74, 6) is 2.08. The van der Waals surface area contributed by atoms with Gasteiger partial charge in [0.25, 0.3) is 0 Å². The maximum absolute atomic E-state index is 4.99. The Kier molecular flexibility index (Phi) is 5.05. The van der Waals surface area contributed by atoms with Gasteiger partial charge in [0.15, 0.2) is 0 Å². The summed E-state index contributed by atoms with van der Waals surface area (Å²) in [7, 11) is 0. The Hall–Kier alpha value is -2.17. The van der Waals surface area contributed by atoms with Crippen molar-refractivity contribution >= 4 is 11.5 Å². The van der Waals surface area contributed by atoms with Crippen molar-refractivity contribution in [1.82, 2.24) is 19.7 Å². The first-order valence-electron chi connectivity index (χ1n) is 8.64. The standard InChI is InChI=1S/C18H25N5/c1-3-5-11-22(12-6-4-2)17-13-18-21-19-14-23(18)16-10-8-7-9-15(16)20-17/h7-10,14H,3-6,11-13H2,1-2H3. The lowest BCUT2D eigenvalue weighted by atomic mass is 10.2. The minimum atomic E-state index is 0.738. The van der Waals surface area contributed by atoms with Crippen molar-refractivity contribution < 1.29 is 0 Å². The minimum absolute atomic E-state index is 0.738. The molecular weight excluding hydrogens is 286 g/mol. The minimum Gasteiger partial charge on any atom is -0.360 e. The third kappa shape index (κ3) is 3.44. The number of rotatable bonds is 6. The summed E-state index contributed by atoms with van der Waals surface area (Å²) in [6.07, 6.45) is 7.30. The molecule has 0 saturated carbocycles. The van der Waals surface area contributed by atoms with E-state index in [1.807, 2.05) is 12.1 Å². The summed E-state index contributed by atoms with van der Waals surface area (Å²) in [6, 6.07) is 8.23. The second kappa shape index (κ2) is 7.40. The molecular formula is C18H25N5. The van der Waals surface area contributed by atoms with Crippen LogP contribution in [0.25, 0.3) is 5.69 Å². The van der Waals surface area contributed by atoms with Gasteiger partial charge in [-0.1, -0.05) is 38.8 Å². The molecule has 1 aromatic heterocycles. The van der Waals surface area contributed by atoms with E-state index < -0.39 is 0 Å². The molecule has 0 amide bonds. The smallest absolute Gasteiger partial charge is 0.145 e. The fraction of sp³-hybridized carbons (Fsp3) is 0.500. The molecule has 1 aliphatic heterocycles. The normalized spacial score (nSPS) is 13.0. The Balaban J connectivity index is 1.97. The van der Waals surface area contributed by atoms with Crippen molar-refractivity contribution in [3.63, 3.8) is 0 Å². The predicted molar refractivity (Wildman–Crippen MR) is 93.5 cm³/mol. The van der Waals surface area contributed by atoms with Gasteiger partial charge < -0.3 is 4.90 Å². The molecule has 0 aliphatic carbocycles. The van der Waals surface area contributed by atoms with Crippen molar-refractivity contribution in [2.75, 3.05) is 13.1 Å². The van der Waals surface area contributed by atoms with E-state index in [1.165, 1.54) is 25.7 Å². The third-order valence-electron chi connectivity index (χ3n) is 4.25. The van der Waals surface area contributed by atoms with Crippen LogP contribution in [0.2, 0.25) is 0 Å². The second-order valence-corrected chi connectivity index (χ2v) is 6.00. The molecule has 0 atom stereocenters. The molecule has 0 bridgehead atoms. The van der Waals surface area contributed by atoms with Gasteiger partial charge >= 0.3 is 0 Å². The van der Waals surface area contributed by atoms with Gasteiger partial charge in [0.2, 0.25) is 0 Å². The van der Waals surface area contributed by atoms with E-state index in [0.717, 1.165) is 42.5 Å². The monoisotopic (exact) mass is 311 g/mol. The van der Waals surface area contributed by atoms with Crippen LogP contribution in [0.15, 0.2) is 35.6 Å². The van der Waals surface area contributed by atoms with Crippen LogP contribution in [0, 0.1) is 0 Å². The largest absolute Gasteiger partial charge is 0.360 e. The molecule has 5 nitrogen and oxygen atoms in total. The molecule has 122 valence electrons. The van der Waals surface area contributed by atoms with E-state index in [2.05, 4.69) is 45.6 Å². The van der Waals surface area contributed by atoms with Gasteiger partial charge in [-0.2, -0.15) is 0 Å². The molecule has 1 aliphatic rings. The quantitative estimate of drug-likeness (QED) is 0.816. The van der Waals surface area contributed by atoms with E-state index >= 15 is 0 Å². The van der Waals surface area contributed by atoms with Gasteiger partial charge in [-0.25, -0.2) is 4.99 Å². The Labute approximate surface area is 138 Å². The van der Waals surface area contributed by atoms with Crippen molar-refractivity contribution in [3.8, 4) is 5.69 Å². The number of para-hydroxylation sites is 2. The first kappa shape index (κ1) is 15.7. The van der Waals surface area contributed by atoms with E-state index in [0.29, 0.717) is 0 Å². The Morgan fingerprint density at radius 2 is 1.83 bits per heavy atom. The fourth-order valence-corrected chi connectivity index (χ4v) is 2.91. The number of hydrogen-bond acceptors (Lipinski definition) is 4. The van der Waals surface area contributed by atoms with E-state index in [-0.39, 0.29) is 0 Å². The van der Waals surface area contributed by atoms with Gasteiger partial charge in [0.1, 0.15) is 18.0 Å². The Morgan fingerprint density at radius 3 is 2.57 bits per heavy atom. The molecule has 23 heavy (non-hydrogen) atoms. The zero-order valence-corrected chi connectivity index (χ0v) is 14.1. The van der Waals surface area contributed by atoms with Crippen LogP contribution in [0.5, 0.6) is 0 Å². The molecule has 3 rings (SSSR count). The number of aliphatic imine (C=N–C) groups is 1. The van der Waals surface area contributed by atoms with E-state index in [9.17, 15) is 0 Å². The second-order valence-electron chi connectivity index (χ2n) is 6.00. The van der Waals surface area contributed by atoms with Crippen LogP contribution in [-0.2, 0) is 6.42 Å². The lowest BCUT2D eigenvalue weighted by molar-refractivity contribution is 0.392. The van der Waals surface area contributed by atoms with Crippen molar-refractivity contribution in [1.29, 1.82) is 0 Å². The van der Waals surface area contributed by atoms with E-state index in [1.54, 1.807) is 6.33 Å². The molecule has 0 radical (unpaired) electrons. The predicted octanol–water partition coefficient (Wildman–Crippen LogP) is 3.76. The number of aromatic nitrogens is 3. The summed E-state index contributed by atoms with van der Waals surface area (Å²) >= 11 is 0. The first-order valence-corrected chi connectivity index (χ1v) is 8.64. The number of amidine groups is 1. The zero-order valence-electron chi connectivity index (χ0n) is 14.1. The van der Waals surface area contributed by atoms with Gasteiger partial charge in [0.05, 0.1) is 17.8 Å². The molecule has 5 heteroatoms. The topological polar surface area (TPSA) is 46.3 Å². The third-order valence-corrected chi connectivity index (χ3v) is 4.25. The van der Waals surface area contributed by atoms with E-state index in [4.69, 9.17) is 4.99 Å². The van der Waals surface area contributed by atoms with Gasteiger partial charge in [-0.3, -0.25) is 4.57 Å². The number of hydrogen-bond donors (Lipinski definition) is 0. The Morgan fingerprint density at radius 1 is 1.09 bits per heavy atom. The van der Waals surface area contributed by atoms with Gasteiger partial charge in [0, 0.05) is 13.1 Å². The van der Waals surface area contributed by atoms with Crippen LogP contribution >= 0.6 is 0 Å². The molecule has 0 saturated heterocycles. The highest BCUT2D eigenvalue weighted by atomic mass is 15.3. The number of fused-ring (bicyclic) bond motifs is 3. The van der Waals surface area contributed by atoms with Gasteiger partial charge in [-0.05, 0) is 25.0 Å². The summed E-state index contributed by atoms with van der Waals surface area (Å²) in [4.78, 5) is 7.42.